The fourth-order valence-electron chi connectivity index (χ4n) is 2.63. The second-order valence-corrected chi connectivity index (χ2v) is 8.14. The first-order valence-corrected chi connectivity index (χ1v) is 9.09. The number of aryl methyl sites for hydroxylation is 1. The Hall–Kier alpha value is -0.140. The molecule has 1 heterocycles. The Balaban J connectivity index is 0.00000220. The van der Waals surface area contributed by atoms with Gasteiger partial charge in [0.2, 0.25) is 10.0 Å². The van der Waals surface area contributed by atoms with Crippen molar-refractivity contribution in [3.05, 3.63) is 28.2 Å². The van der Waals surface area contributed by atoms with Crippen LogP contribution in [0.3, 0.4) is 0 Å². The Kier molecular flexibility index (Phi) is 7.13. The van der Waals surface area contributed by atoms with Gasteiger partial charge in [-0.3, -0.25) is 0 Å². The van der Waals surface area contributed by atoms with Crippen molar-refractivity contribution in [1.82, 2.24) is 9.62 Å². The maximum atomic E-state index is 12.7. The Morgan fingerprint density at radius 1 is 1.33 bits per heavy atom. The quantitative estimate of drug-likeness (QED) is 0.850. The van der Waals surface area contributed by atoms with Crippen LogP contribution in [0, 0.1) is 12.8 Å². The van der Waals surface area contributed by atoms with Crippen molar-refractivity contribution in [2.75, 3.05) is 26.7 Å². The molecule has 0 spiro atoms. The smallest absolute Gasteiger partial charge is 0.243 e. The maximum Gasteiger partial charge on any atom is 0.243 e. The lowest BCUT2D eigenvalue weighted by atomic mass is 9.98. The van der Waals surface area contributed by atoms with Gasteiger partial charge in [0.1, 0.15) is 0 Å². The van der Waals surface area contributed by atoms with Crippen molar-refractivity contribution in [3.8, 4) is 0 Å². The molecule has 1 aromatic carbocycles. The molecule has 0 unspecified atom stereocenters. The summed E-state index contributed by atoms with van der Waals surface area (Å²) in [5, 5.41) is 3.17. The van der Waals surface area contributed by atoms with Gasteiger partial charge in [0, 0.05) is 17.6 Å². The molecule has 0 amide bonds. The van der Waals surface area contributed by atoms with E-state index in [1.807, 2.05) is 26.1 Å². The highest BCUT2D eigenvalue weighted by Gasteiger charge is 2.30. The third-order valence-electron chi connectivity index (χ3n) is 3.83. The Morgan fingerprint density at radius 3 is 2.52 bits per heavy atom. The lowest BCUT2D eigenvalue weighted by Gasteiger charge is -2.31. The summed E-state index contributed by atoms with van der Waals surface area (Å²) in [4.78, 5) is 0.416. The van der Waals surface area contributed by atoms with Crippen LogP contribution in [0.4, 0.5) is 0 Å². The zero-order valence-corrected chi connectivity index (χ0v) is 15.5. The third kappa shape index (κ3) is 4.42. The van der Waals surface area contributed by atoms with Crippen molar-refractivity contribution < 1.29 is 8.42 Å². The molecule has 0 aliphatic carbocycles. The standard InChI is InChI=1S/C14H21BrN2O2S.ClH/c1-11-3-4-13(15)9-14(11)20(18,19)17-7-5-12(6-8-17)10-16-2;/h3-4,9,12,16H,5-8,10H2,1-2H3;1H. The zero-order valence-electron chi connectivity index (χ0n) is 12.3. The van der Waals surface area contributed by atoms with Crippen molar-refractivity contribution in [1.29, 1.82) is 0 Å². The van der Waals surface area contributed by atoms with Crippen molar-refractivity contribution in [3.63, 3.8) is 0 Å². The molecular weight excluding hydrogens is 376 g/mol. The van der Waals surface area contributed by atoms with Crippen LogP contribution < -0.4 is 5.32 Å². The van der Waals surface area contributed by atoms with Crippen molar-refractivity contribution in [2.45, 2.75) is 24.7 Å². The van der Waals surface area contributed by atoms with E-state index in [0.717, 1.165) is 29.4 Å². The number of nitrogens with one attached hydrogen (secondary N) is 1. The molecule has 2 rings (SSSR count). The molecule has 0 saturated carbocycles. The van der Waals surface area contributed by atoms with Gasteiger partial charge in [-0.05, 0) is 57.0 Å². The molecule has 1 saturated heterocycles. The maximum absolute atomic E-state index is 12.7. The zero-order chi connectivity index (χ0) is 14.8. The molecular formula is C14H22BrClN2O2S. The average Bonchev–Trinajstić information content (AvgIpc) is 2.42. The molecule has 1 fully saturated rings. The average molecular weight is 398 g/mol. The molecule has 120 valence electrons. The molecule has 1 N–H and O–H groups in total. The van der Waals surface area contributed by atoms with Gasteiger partial charge in [-0.15, -0.1) is 12.4 Å². The van der Waals surface area contributed by atoms with E-state index in [9.17, 15) is 8.42 Å². The Morgan fingerprint density at radius 2 is 1.95 bits per heavy atom. The second kappa shape index (κ2) is 7.92. The third-order valence-corrected chi connectivity index (χ3v) is 6.37. The predicted octanol–water partition coefficient (Wildman–Crippen LogP) is 2.80. The van der Waals surface area contributed by atoms with Crippen LogP contribution in [0.25, 0.3) is 0 Å². The normalized spacial score (nSPS) is 17.5. The van der Waals surface area contributed by atoms with E-state index in [0.29, 0.717) is 23.9 Å². The summed E-state index contributed by atoms with van der Waals surface area (Å²) in [6.45, 7) is 4.03. The summed E-state index contributed by atoms with van der Waals surface area (Å²) in [6, 6.07) is 5.41. The van der Waals surface area contributed by atoms with E-state index in [1.54, 1.807) is 10.4 Å². The van der Waals surface area contributed by atoms with Gasteiger partial charge < -0.3 is 5.32 Å². The summed E-state index contributed by atoms with van der Waals surface area (Å²) >= 11 is 3.35. The first-order valence-electron chi connectivity index (χ1n) is 6.86. The van der Waals surface area contributed by atoms with E-state index in [-0.39, 0.29) is 12.4 Å². The van der Waals surface area contributed by atoms with Crippen LogP contribution in [0.15, 0.2) is 27.6 Å². The number of hydrogen-bond donors (Lipinski definition) is 1. The van der Waals surface area contributed by atoms with Crippen molar-refractivity contribution >= 4 is 38.4 Å². The first kappa shape index (κ1) is 18.9. The summed E-state index contributed by atoms with van der Waals surface area (Å²) in [6.07, 6.45) is 1.85. The summed E-state index contributed by atoms with van der Waals surface area (Å²) in [5.41, 5.74) is 0.797. The Bertz CT molecular complexity index is 572. The lowest BCUT2D eigenvalue weighted by molar-refractivity contribution is 0.270. The van der Waals surface area contributed by atoms with Gasteiger partial charge in [-0.1, -0.05) is 22.0 Å². The number of halogens is 2. The molecule has 0 aromatic heterocycles. The molecule has 7 heteroatoms. The second-order valence-electron chi connectivity index (χ2n) is 5.31. The van der Waals surface area contributed by atoms with Crippen LogP contribution in [0.2, 0.25) is 0 Å². The van der Waals surface area contributed by atoms with Gasteiger partial charge >= 0.3 is 0 Å². The van der Waals surface area contributed by atoms with Crippen LogP contribution >= 0.6 is 28.3 Å². The number of piperidine rings is 1. The lowest BCUT2D eigenvalue weighted by Crippen LogP contribution is -2.40. The fraction of sp³-hybridized carbons (Fsp3) is 0.571. The summed E-state index contributed by atoms with van der Waals surface area (Å²) in [7, 11) is -1.43. The summed E-state index contributed by atoms with van der Waals surface area (Å²) in [5.74, 6) is 0.579. The van der Waals surface area contributed by atoms with E-state index in [2.05, 4.69) is 21.2 Å². The van der Waals surface area contributed by atoms with E-state index >= 15 is 0 Å². The Labute approximate surface area is 141 Å². The highest BCUT2D eigenvalue weighted by molar-refractivity contribution is 9.10. The number of nitrogens with zero attached hydrogens (tertiary/aromatic N) is 1. The highest BCUT2D eigenvalue weighted by Crippen LogP contribution is 2.27. The van der Waals surface area contributed by atoms with Gasteiger partial charge in [0.15, 0.2) is 0 Å². The van der Waals surface area contributed by atoms with Crippen LogP contribution in [-0.2, 0) is 10.0 Å². The molecule has 1 aromatic rings. The first-order chi connectivity index (χ1) is 9.45. The number of sulfonamides is 1. The fourth-order valence-corrected chi connectivity index (χ4v) is 4.87. The summed E-state index contributed by atoms with van der Waals surface area (Å²) < 4.78 is 27.8. The highest BCUT2D eigenvalue weighted by atomic mass is 79.9. The minimum absolute atomic E-state index is 0. The largest absolute Gasteiger partial charge is 0.319 e. The van der Waals surface area contributed by atoms with E-state index in [1.165, 1.54) is 0 Å². The molecule has 1 aliphatic heterocycles. The van der Waals surface area contributed by atoms with Crippen LogP contribution in [0.1, 0.15) is 18.4 Å². The number of benzene rings is 1. The van der Waals surface area contributed by atoms with Gasteiger partial charge in [-0.2, -0.15) is 4.31 Å². The SMILES string of the molecule is CNCC1CCN(S(=O)(=O)c2cc(Br)ccc2C)CC1.Cl. The molecule has 0 bridgehead atoms. The van der Waals surface area contributed by atoms with Crippen LogP contribution in [0.5, 0.6) is 0 Å². The molecule has 0 atom stereocenters. The van der Waals surface area contributed by atoms with Gasteiger partial charge in [-0.25, -0.2) is 8.42 Å². The van der Waals surface area contributed by atoms with Crippen LogP contribution in [-0.4, -0.2) is 39.4 Å². The number of rotatable bonds is 4. The minimum Gasteiger partial charge on any atom is -0.319 e. The van der Waals surface area contributed by atoms with Gasteiger partial charge in [0.25, 0.3) is 0 Å². The van der Waals surface area contributed by atoms with E-state index < -0.39 is 10.0 Å². The van der Waals surface area contributed by atoms with Gasteiger partial charge in [0.05, 0.1) is 4.90 Å². The van der Waals surface area contributed by atoms with E-state index in [4.69, 9.17) is 0 Å². The molecule has 0 radical (unpaired) electrons. The minimum atomic E-state index is -3.37. The molecule has 4 nitrogen and oxygen atoms in total. The monoisotopic (exact) mass is 396 g/mol. The predicted molar refractivity (Wildman–Crippen MR) is 91.5 cm³/mol. The van der Waals surface area contributed by atoms with Crippen molar-refractivity contribution in [2.24, 2.45) is 5.92 Å². The number of hydrogen-bond acceptors (Lipinski definition) is 3. The molecule has 1 aliphatic rings. The molecule has 21 heavy (non-hydrogen) atoms. The topological polar surface area (TPSA) is 49.4 Å².